The summed E-state index contributed by atoms with van der Waals surface area (Å²) >= 11 is 3.31. The van der Waals surface area contributed by atoms with Gasteiger partial charge < -0.3 is 0 Å². The van der Waals surface area contributed by atoms with Crippen molar-refractivity contribution in [3.05, 3.63) is 23.2 Å². The third-order valence-electron chi connectivity index (χ3n) is 2.74. The Morgan fingerprint density at radius 1 is 1.35 bits per heavy atom. The van der Waals surface area contributed by atoms with Gasteiger partial charge in [-0.1, -0.05) is 62.1 Å². The molecule has 0 saturated heterocycles. The monoisotopic (exact) mass is 354 g/mol. The molecule has 0 heterocycles. The van der Waals surface area contributed by atoms with Gasteiger partial charge in [0.15, 0.2) is 5.78 Å². The molecule has 0 N–H and O–H groups in total. The lowest BCUT2D eigenvalue weighted by atomic mass is 9.91. The molecule has 3 heteroatoms. The first-order chi connectivity index (χ1) is 9.11. The van der Waals surface area contributed by atoms with Crippen LogP contribution in [0.5, 0.6) is 0 Å². The van der Waals surface area contributed by atoms with Crippen LogP contribution in [0.4, 0.5) is 0 Å². The Labute approximate surface area is 134 Å². The Morgan fingerprint density at radius 3 is 2.40 bits per heavy atom. The lowest BCUT2D eigenvalue weighted by molar-refractivity contribution is -0.115. The van der Waals surface area contributed by atoms with Crippen molar-refractivity contribution in [1.29, 1.82) is 0 Å². The minimum absolute atomic E-state index is 0.171. The van der Waals surface area contributed by atoms with Gasteiger partial charge in [0.05, 0.1) is 0 Å². The molecule has 0 unspecified atom stereocenters. The van der Waals surface area contributed by atoms with Crippen LogP contribution in [0.2, 0.25) is 19.6 Å². The van der Waals surface area contributed by atoms with E-state index < -0.39 is 8.07 Å². The molecule has 20 heavy (non-hydrogen) atoms. The highest BCUT2D eigenvalue weighted by molar-refractivity contribution is 9.11. The zero-order valence-electron chi connectivity index (χ0n) is 13.4. The third-order valence-corrected chi connectivity index (χ3v) is 4.04. The van der Waals surface area contributed by atoms with Crippen molar-refractivity contribution in [2.24, 2.45) is 11.8 Å². The Hall–Kier alpha value is -0.593. The minimum atomic E-state index is -1.37. The topological polar surface area (TPSA) is 17.1 Å². The van der Waals surface area contributed by atoms with Crippen molar-refractivity contribution in [2.45, 2.75) is 52.8 Å². The smallest absolute Gasteiger partial charge is 0.156 e. The van der Waals surface area contributed by atoms with Crippen LogP contribution in [0, 0.1) is 23.3 Å². The summed E-state index contributed by atoms with van der Waals surface area (Å²) in [4.78, 5) is 11.9. The van der Waals surface area contributed by atoms with Crippen molar-refractivity contribution in [3.8, 4) is 11.5 Å². The SMILES string of the molecule is C=C(Br)CC/C=C/C(=O)C[C@H](C#C[Si](C)(C)C)C(C)C. The summed E-state index contributed by atoms with van der Waals surface area (Å²) in [7, 11) is -1.37. The third kappa shape index (κ3) is 11.3. The van der Waals surface area contributed by atoms with Crippen LogP contribution in [-0.4, -0.2) is 13.9 Å². The van der Waals surface area contributed by atoms with Gasteiger partial charge in [0, 0.05) is 12.3 Å². The van der Waals surface area contributed by atoms with E-state index in [9.17, 15) is 4.79 Å². The van der Waals surface area contributed by atoms with Crippen LogP contribution in [0.15, 0.2) is 23.2 Å². The van der Waals surface area contributed by atoms with Gasteiger partial charge in [-0.05, 0) is 29.3 Å². The molecule has 112 valence electrons. The number of hydrogen-bond donors (Lipinski definition) is 0. The van der Waals surface area contributed by atoms with Gasteiger partial charge >= 0.3 is 0 Å². The molecule has 0 aliphatic carbocycles. The number of allylic oxidation sites excluding steroid dienone is 3. The van der Waals surface area contributed by atoms with Gasteiger partial charge in [0.2, 0.25) is 0 Å². The molecule has 0 spiro atoms. The Morgan fingerprint density at radius 2 is 1.95 bits per heavy atom. The van der Waals surface area contributed by atoms with E-state index in [0.29, 0.717) is 12.3 Å². The van der Waals surface area contributed by atoms with Crippen molar-refractivity contribution < 1.29 is 4.79 Å². The van der Waals surface area contributed by atoms with E-state index in [4.69, 9.17) is 0 Å². The first-order valence-electron chi connectivity index (χ1n) is 7.17. The average Bonchev–Trinajstić information content (AvgIpc) is 2.28. The molecule has 0 fully saturated rings. The molecule has 0 rings (SSSR count). The molecule has 0 bridgehead atoms. The molecule has 0 aliphatic heterocycles. The molecular formula is C17H27BrOSi. The quantitative estimate of drug-likeness (QED) is 0.342. The fourth-order valence-electron chi connectivity index (χ4n) is 1.50. The van der Waals surface area contributed by atoms with E-state index in [1.807, 2.05) is 6.08 Å². The standard InChI is InChI=1S/C17H27BrOSi/c1-14(2)16(11-12-20(4,5)6)13-17(19)10-8-7-9-15(3)18/h8,10,14,16H,3,7,9,13H2,1-2,4-6H3/b10-8+/t16-/m0/s1. The predicted octanol–water partition coefficient (Wildman–Crippen LogP) is 5.34. The van der Waals surface area contributed by atoms with Gasteiger partial charge in [-0.15, -0.1) is 11.5 Å². The van der Waals surface area contributed by atoms with Crippen LogP contribution >= 0.6 is 15.9 Å². The molecule has 0 saturated carbocycles. The highest BCUT2D eigenvalue weighted by Gasteiger charge is 2.15. The molecule has 1 atom stereocenters. The number of rotatable bonds is 7. The maximum Gasteiger partial charge on any atom is 0.156 e. The Bertz CT molecular complexity index is 418. The minimum Gasteiger partial charge on any atom is -0.295 e. The van der Waals surface area contributed by atoms with E-state index in [1.54, 1.807) is 6.08 Å². The summed E-state index contributed by atoms with van der Waals surface area (Å²) in [5.74, 6) is 4.10. The number of halogens is 1. The molecular weight excluding hydrogens is 328 g/mol. The van der Waals surface area contributed by atoms with Crippen LogP contribution in [0.25, 0.3) is 0 Å². The molecule has 0 aromatic carbocycles. The first kappa shape index (κ1) is 19.4. The lowest BCUT2D eigenvalue weighted by Gasteiger charge is -2.14. The summed E-state index contributed by atoms with van der Waals surface area (Å²) in [6.45, 7) is 14.7. The van der Waals surface area contributed by atoms with Crippen molar-refractivity contribution in [1.82, 2.24) is 0 Å². The summed E-state index contributed by atoms with van der Waals surface area (Å²) < 4.78 is 0.968. The molecule has 1 nitrogen and oxygen atoms in total. The van der Waals surface area contributed by atoms with Crippen LogP contribution in [0.1, 0.15) is 33.1 Å². The van der Waals surface area contributed by atoms with E-state index in [2.05, 4.69) is 67.5 Å². The number of carbonyl (C=O) groups excluding carboxylic acids is 1. The Kier molecular flexibility index (Phi) is 9.08. The van der Waals surface area contributed by atoms with E-state index >= 15 is 0 Å². The van der Waals surface area contributed by atoms with Gasteiger partial charge in [-0.3, -0.25) is 4.79 Å². The van der Waals surface area contributed by atoms with E-state index in [1.165, 1.54) is 0 Å². The number of carbonyl (C=O) groups is 1. The summed E-state index contributed by atoms with van der Waals surface area (Å²) in [6, 6.07) is 0. The molecule has 0 aromatic rings. The van der Waals surface area contributed by atoms with Crippen LogP contribution in [0.3, 0.4) is 0 Å². The second-order valence-electron chi connectivity index (χ2n) is 6.50. The molecule has 0 amide bonds. The van der Waals surface area contributed by atoms with Crippen molar-refractivity contribution in [3.63, 3.8) is 0 Å². The normalized spacial score (nSPS) is 13.2. The van der Waals surface area contributed by atoms with Crippen LogP contribution < -0.4 is 0 Å². The summed E-state index contributed by atoms with van der Waals surface area (Å²) in [5, 5.41) is 0. The van der Waals surface area contributed by atoms with E-state index in [-0.39, 0.29) is 11.7 Å². The van der Waals surface area contributed by atoms with Crippen molar-refractivity contribution >= 4 is 29.8 Å². The zero-order chi connectivity index (χ0) is 15.8. The average molecular weight is 355 g/mol. The summed E-state index contributed by atoms with van der Waals surface area (Å²) in [6.07, 6.45) is 5.87. The second kappa shape index (κ2) is 9.36. The zero-order valence-corrected chi connectivity index (χ0v) is 16.0. The van der Waals surface area contributed by atoms with Gasteiger partial charge in [-0.2, -0.15) is 0 Å². The first-order valence-corrected chi connectivity index (χ1v) is 11.5. The van der Waals surface area contributed by atoms with Gasteiger partial charge in [0.1, 0.15) is 8.07 Å². The van der Waals surface area contributed by atoms with Crippen LogP contribution in [-0.2, 0) is 4.79 Å². The number of ketones is 1. The van der Waals surface area contributed by atoms with Gasteiger partial charge in [0.25, 0.3) is 0 Å². The summed E-state index contributed by atoms with van der Waals surface area (Å²) in [5.41, 5.74) is 3.39. The second-order valence-corrected chi connectivity index (χ2v) is 12.4. The molecule has 0 aromatic heterocycles. The highest BCUT2D eigenvalue weighted by Crippen LogP contribution is 2.16. The van der Waals surface area contributed by atoms with Gasteiger partial charge in [-0.25, -0.2) is 0 Å². The maximum atomic E-state index is 11.9. The molecule has 0 aliphatic rings. The molecule has 0 radical (unpaired) electrons. The predicted molar refractivity (Wildman–Crippen MR) is 95.5 cm³/mol. The maximum absolute atomic E-state index is 11.9. The van der Waals surface area contributed by atoms with E-state index in [0.717, 1.165) is 17.3 Å². The van der Waals surface area contributed by atoms with Crippen molar-refractivity contribution in [2.75, 3.05) is 0 Å². The Balaban J connectivity index is 4.49. The fourth-order valence-corrected chi connectivity index (χ4v) is 2.35. The largest absolute Gasteiger partial charge is 0.295 e. The number of hydrogen-bond acceptors (Lipinski definition) is 1. The highest BCUT2D eigenvalue weighted by atomic mass is 79.9. The lowest BCUT2D eigenvalue weighted by Crippen LogP contribution is -2.18. The fraction of sp³-hybridized carbons (Fsp3) is 0.588.